The van der Waals surface area contributed by atoms with Gasteiger partial charge in [-0.25, -0.2) is 9.97 Å². The predicted molar refractivity (Wildman–Crippen MR) is 94.1 cm³/mol. The Hall–Kier alpha value is -2.67. The van der Waals surface area contributed by atoms with Crippen molar-refractivity contribution in [1.82, 2.24) is 29.6 Å². The molecule has 1 aliphatic heterocycles. The molecule has 0 spiro atoms. The molecule has 0 saturated carbocycles. The summed E-state index contributed by atoms with van der Waals surface area (Å²) in [6, 6.07) is 7.98. The lowest BCUT2D eigenvalue weighted by molar-refractivity contribution is 0.232. The van der Waals surface area contributed by atoms with Gasteiger partial charge in [0, 0.05) is 32.1 Å². The Bertz CT molecular complexity index is 897. The zero-order chi connectivity index (χ0) is 17.4. The maximum atomic E-state index is 5.31. The van der Waals surface area contributed by atoms with Gasteiger partial charge in [0.15, 0.2) is 0 Å². The van der Waals surface area contributed by atoms with E-state index in [1.807, 2.05) is 42.9 Å². The molecule has 1 aromatic carbocycles. The average molecular weight is 338 g/mol. The van der Waals surface area contributed by atoms with E-state index in [1.165, 1.54) is 5.69 Å². The first-order chi connectivity index (χ1) is 12.1. The second kappa shape index (κ2) is 6.33. The number of fused-ring (bicyclic) bond motifs is 1. The van der Waals surface area contributed by atoms with Gasteiger partial charge >= 0.3 is 0 Å². The van der Waals surface area contributed by atoms with Gasteiger partial charge in [-0.05, 0) is 19.1 Å². The van der Waals surface area contributed by atoms with Crippen molar-refractivity contribution in [2.75, 3.05) is 13.7 Å². The van der Waals surface area contributed by atoms with Crippen molar-refractivity contribution >= 4 is 0 Å². The third-order valence-corrected chi connectivity index (χ3v) is 4.58. The molecule has 3 heterocycles. The Morgan fingerprint density at radius 1 is 1.28 bits per heavy atom. The fourth-order valence-corrected chi connectivity index (χ4v) is 3.29. The predicted octanol–water partition coefficient (Wildman–Crippen LogP) is 2.08. The number of ether oxygens (including phenoxy) is 1. The molecule has 0 unspecified atom stereocenters. The van der Waals surface area contributed by atoms with E-state index in [0.29, 0.717) is 0 Å². The molecule has 0 aliphatic carbocycles. The summed E-state index contributed by atoms with van der Waals surface area (Å²) in [7, 11) is 3.63. The number of nitrogens with one attached hydrogen (secondary N) is 1. The quantitative estimate of drug-likeness (QED) is 0.788. The molecule has 1 aliphatic rings. The highest BCUT2D eigenvalue weighted by Gasteiger charge is 2.22. The van der Waals surface area contributed by atoms with Gasteiger partial charge in [0.05, 0.1) is 25.0 Å². The number of H-pyrrole nitrogens is 1. The van der Waals surface area contributed by atoms with Gasteiger partial charge in [0.2, 0.25) is 0 Å². The lowest BCUT2D eigenvalue weighted by Gasteiger charge is -2.25. The van der Waals surface area contributed by atoms with E-state index in [4.69, 9.17) is 9.72 Å². The highest BCUT2D eigenvalue weighted by atomic mass is 16.5. The fraction of sp³-hybridized carbons (Fsp3) is 0.389. The second-order valence-electron chi connectivity index (χ2n) is 6.40. The van der Waals surface area contributed by atoms with Crippen LogP contribution >= 0.6 is 0 Å². The first-order valence-electron chi connectivity index (χ1n) is 8.43. The Balaban J connectivity index is 1.53. The Labute approximate surface area is 146 Å². The molecule has 7 nitrogen and oxygen atoms in total. The average Bonchev–Trinajstić information content (AvgIpc) is 3.17. The smallest absolute Gasteiger partial charge is 0.147 e. The molecule has 2 aromatic heterocycles. The molecule has 3 aromatic rings. The highest BCUT2D eigenvalue weighted by molar-refractivity contribution is 5.58. The van der Waals surface area contributed by atoms with Crippen LogP contribution in [0.4, 0.5) is 0 Å². The zero-order valence-corrected chi connectivity index (χ0v) is 14.8. The number of rotatable bonds is 4. The summed E-state index contributed by atoms with van der Waals surface area (Å²) in [6.45, 7) is 4.54. The van der Waals surface area contributed by atoms with Crippen LogP contribution in [0.5, 0.6) is 5.75 Å². The molecule has 0 saturated heterocycles. The standard InChI is InChI=1S/C18H22N6O/c1-12-19-17(23(2)22-12)11-24-8-7-15-16(10-24)21-18(20-15)13-5-4-6-14(9-13)25-3/h4-6,9H,7-8,10-11H2,1-3H3,(H,20,21). The van der Waals surface area contributed by atoms with E-state index in [1.54, 1.807) is 7.11 Å². The third kappa shape index (κ3) is 3.15. The molecule has 0 amide bonds. The molecule has 4 rings (SSSR count). The number of methoxy groups -OCH3 is 1. The van der Waals surface area contributed by atoms with Crippen LogP contribution in [0.2, 0.25) is 0 Å². The summed E-state index contributed by atoms with van der Waals surface area (Å²) < 4.78 is 7.17. The van der Waals surface area contributed by atoms with E-state index in [0.717, 1.165) is 60.5 Å². The van der Waals surface area contributed by atoms with Gasteiger partial charge in [-0.1, -0.05) is 12.1 Å². The third-order valence-electron chi connectivity index (χ3n) is 4.58. The molecular weight excluding hydrogens is 316 g/mol. The van der Waals surface area contributed by atoms with Gasteiger partial charge in [-0.2, -0.15) is 5.10 Å². The highest BCUT2D eigenvalue weighted by Crippen LogP contribution is 2.25. The number of hydrogen-bond donors (Lipinski definition) is 1. The van der Waals surface area contributed by atoms with Crippen LogP contribution in [0.1, 0.15) is 23.0 Å². The molecular formula is C18H22N6O. The van der Waals surface area contributed by atoms with E-state index in [-0.39, 0.29) is 0 Å². The Morgan fingerprint density at radius 2 is 2.16 bits per heavy atom. The van der Waals surface area contributed by atoms with Crippen molar-refractivity contribution in [2.45, 2.75) is 26.4 Å². The second-order valence-corrected chi connectivity index (χ2v) is 6.40. The van der Waals surface area contributed by atoms with Crippen LogP contribution in [0.25, 0.3) is 11.4 Å². The largest absolute Gasteiger partial charge is 0.497 e. The molecule has 1 N–H and O–H groups in total. The van der Waals surface area contributed by atoms with Crippen LogP contribution in [-0.4, -0.2) is 43.3 Å². The summed E-state index contributed by atoms with van der Waals surface area (Å²) in [5, 5.41) is 4.33. The van der Waals surface area contributed by atoms with Gasteiger partial charge < -0.3 is 9.72 Å². The van der Waals surface area contributed by atoms with Crippen molar-refractivity contribution < 1.29 is 4.74 Å². The van der Waals surface area contributed by atoms with E-state index < -0.39 is 0 Å². The van der Waals surface area contributed by atoms with Crippen LogP contribution in [0.15, 0.2) is 24.3 Å². The van der Waals surface area contributed by atoms with Crippen molar-refractivity contribution in [3.8, 4) is 17.1 Å². The number of aryl methyl sites for hydroxylation is 2. The molecule has 0 bridgehead atoms. The van der Waals surface area contributed by atoms with E-state index >= 15 is 0 Å². The lowest BCUT2D eigenvalue weighted by atomic mass is 10.1. The number of imidazole rings is 1. The lowest BCUT2D eigenvalue weighted by Crippen LogP contribution is -2.31. The molecule has 130 valence electrons. The minimum absolute atomic E-state index is 0.796. The topological polar surface area (TPSA) is 71.9 Å². The van der Waals surface area contributed by atoms with Crippen LogP contribution in [0, 0.1) is 6.92 Å². The maximum Gasteiger partial charge on any atom is 0.147 e. The van der Waals surface area contributed by atoms with Crippen molar-refractivity contribution in [1.29, 1.82) is 0 Å². The number of aromatic amines is 1. The monoisotopic (exact) mass is 338 g/mol. The maximum absolute atomic E-state index is 5.31. The van der Waals surface area contributed by atoms with Gasteiger partial charge in [0.1, 0.15) is 23.2 Å². The normalized spacial score (nSPS) is 14.5. The first-order valence-corrected chi connectivity index (χ1v) is 8.43. The minimum atomic E-state index is 0.796. The van der Waals surface area contributed by atoms with Crippen molar-refractivity contribution in [2.24, 2.45) is 7.05 Å². The minimum Gasteiger partial charge on any atom is -0.497 e. The zero-order valence-electron chi connectivity index (χ0n) is 14.8. The number of benzene rings is 1. The number of nitrogens with zero attached hydrogens (tertiary/aromatic N) is 5. The SMILES string of the molecule is COc1cccc(-c2nc3c([nH]2)CN(Cc2nc(C)nn2C)CC3)c1. The first kappa shape index (κ1) is 15.8. The van der Waals surface area contributed by atoms with E-state index in [9.17, 15) is 0 Å². The van der Waals surface area contributed by atoms with Crippen molar-refractivity contribution in [3.05, 3.63) is 47.3 Å². The molecule has 0 atom stereocenters. The van der Waals surface area contributed by atoms with Crippen LogP contribution in [0.3, 0.4) is 0 Å². The fourth-order valence-electron chi connectivity index (χ4n) is 3.29. The molecule has 0 fully saturated rings. The van der Waals surface area contributed by atoms with Crippen LogP contribution in [-0.2, 0) is 26.6 Å². The molecule has 25 heavy (non-hydrogen) atoms. The summed E-state index contributed by atoms with van der Waals surface area (Å²) in [5.41, 5.74) is 3.38. The van der Waals surface area contributed by atoms with Crippen LogP contribution < -0.4 is 4.74 Å². The molecule has 7 heteroatoms. The van der Waals surface area contributed by atoms with Gasteiger partial charge in [0.25, 0.3) is 0 Å². The Kier molecular flexibility index (Phi) is 4.01. The summed E-state index contributed by atoms with van der Waals surface area (Å²) in [6.07, 6.45) is 0.937. The summed E-state index contributed by atoms with van der Waals surface area (Å²) >= 11 is 0. The summed E-state index contributed by atoms with van der Waals surface area (Å²) in [4.78, 5) is 15.2. The van der Waals surface area contributed by atoms with Gasteiger partial charge in [-0.3, -0.25) is 9.58 Å². The number of aromatic nitrogens is 5. The Morgan fingerprint density at radius 3 is 2.92 bits per heavy atom. The van der Waals surface area contributed by atoms with Gasteiger partial charge in [-0.15, -0.1) is 0 Å². The van der Waals surface area contributed by atoms with Crippen molar-refractivity contribution in [3.63, 3.8) is 0 Å². The summed E-state index contributed by atoms with van der Waals surface area (Å²) in [5.74, 6) is 3.55. The number of hydrogen-bond acceptors (Lipinski definition) is 5. The van der Waals surface area contributed by atoms with E-state index in [2.05, 4.69) is 20.0 Å². The molecule has 0 radical (unpaired) electrons.